The van der Waals surface area contributed by atoms with E-state index < -0.39 is 5.54 Å². The Morgan fingerprint density at radius 1 is 1.00 bits per heavy atom. The SMILES string of the molecule is CCCCNC1(c2ccccc2)C(=O)Nc2ccccc2C1=O. The minimum absolute atomic E-state index is 0.195. The molecule has 0 saturated carbocycles. The molecule has 0 spiro atoms. The first kappa shape index (κ1) is 15.4. The van der Waals surface area contributed by atoms with Crippen LogP contribution in [-0.4, -0.2) is 18.2 Å². The lowest BCUT2D eigenvalue weighted by Crippen LogP contribution is -2.60. The summed E-state index contributed by atoms with van der Waals surface area (Å²) in [6.07, 6.45) is 1.89. The van der Waals surface area contributed by atoms with E-state index >= 15 is 0 Å². The lowest BCUT2D eigenvalue weighted by Gasteiger charge is -2.36. The molecule has 2 N–H and O–H groups in total. The lowest BCUT2D eigenvalue weighted by atomic mass is 9.78. The van der Waals surface area contributed by atoms with Crippen molar-refractivity contribution >= 4 is 17.4 Å². The van der Waals surface area contributed by atoms with Crippen LogP contribution in [0.15, 0.2) is 54.6 Å². The number of hydrogen-bond acceptors (Lipinski definition) is 3. The van der Waals surface area contributed by atoms with Gasteiger partial charge in [-0.25, -0.2) is 0 Å². The quantitative estimate of drug-likeness (QED) is 0.659. The summed E-state index contributed by atoms with van der Waals surface area (Å²) in [4.78, 5) is 26.1. The fourth-order valence-corrected chi connectivity index (χ4v) is 2.98. The molecule has 0 fully saturated rings. The van der Waals surface area contributed by atoms with Crippen molar-refractivity contribution in [3.63, 3.8) is 0 Å². The van der Waals surface area contributed by atoms with E-state index in [1.165, 1.54) is 0 Å². The number of amides is 1. The molecule has 1 unspecified atom stereocenters. The van der Waals surface area contributed by atoms with Gasteiger partial charge in [-0.05, 0) is 30.7 Å². The molecule has 23 heavy (non-hydrogen) atoms. The minimum Gasteiger partial charge on any atom is -0.323 e. The second-order valence-corrected chi connectivity index (χ2v) is 5.73. The highest BCUT2D eigenvalue weighted by Crippen LogP contribution is 2.34. The van der Waals surface area contributed by atoms with Crippen molar-refractivity contribution in [2.75, 3.05) is 11.9 Å². The number of para-hydroxylation sites is 1. The van der Waals surface area contributed by atoms with E-state index in [9.17, 15) is 9.59 Å². The largest absolute Gasteiger partial charge is 0.323 e. The van der Waals surface area contributed by atoms with Crippen LogP contribution in [0.4, 0.5) is 5.69 Å². The van der Waals surface area contributed by atoms with E-state index in [-0.39, 0.29) is 11.7 Å². The van der Waals surface area contributed by atoms with Crippen molar-refractivity contribution in [2.45, 2.75) is 25.3 Å². The van der Waals surface area contributed by atoms with Gasteiger partial charge in [-0.3, -0.25) is 14.9 Å². The molecule has 1 heterocycles. The van der Waals surface area contributed by atoms with Crippen LogP contribution in [0.2, 0.25) is 0 Å². The van der Waals surface area contributed by atoms with Crippen molar-refractivity contribution in [1.82, 2.24) is 5.32 Å². The second kappa shape index (κ2) is 6.34. The van der Waals surface area contributed by atoms with Gasteiger partial charge >= 0.3 is 0 Å². The van der Waals surface area contributed by atoms with Gasteiger partial charge in [-0.2, -0.15) is 0 Å². The maximum absolute atomic E-state index is 13.2. The Morgan fingerprint density at radius 3 is 2.43 bits per heavy atom. The molecule has 2 aromatic rings. The Balaban J connectivity index is 2.11. The molecule has 3 rings (SSSR count). The Morgan fingerprint density at radius 2 is 1.70 bits per heavy atom. The summed E-state index contributed by atoms with van der Waals surface area (Å²) >= 11 is 0. The molecule has 1 aliphatic rings. The number of benzene rings is 2. The number of hydrogen-bond donors (Lipinski definition) is 2. The molecule has 2 aromatic carbocycles. The molecule has 4 heteroatoms. The van der Waals surface area contributed by atoms with E-state index in [1.54, 1.807) is 12.1 Å². The average molecular weight is 308 g/mol. The van der Waals surface area contributed by atoms with Crippen LogP contribution >= 0.6 is 0 Å². The van der Waals surface area contributed by atoms with Gasteiger partial charge in [-0.1, -0.05) is 55.8 Å². The van der Waals surface area contributed by atoms with E-state index in [1.807, 2.05) is 42.5 Å². The maximum Gasteiger partial charge on any atom is 0.257 e. The first-order valence-corrected chi connectivity index (χ1v) is 7.96. The van der Waals surface area contributed by atoms with Crippen LogP contribution in [0.1, 0.15) is 35.7 Å². The zero-order chi connectivity index (χ0) is 16.3. The molecule has 0 saturated heterocycles. The molecule has 4 nitrogen and oxygen atoms in total. The Kier molecular flexibility index (Phi) is 4.26. The Hall–Kier alpha value is -2.46. The number of rotatable bonds is 5. The molecule has 1 atom stereocenters. The molecule has 0 aromatic heterocycles. The summed E-state index contributed by atoms with van der Waals surface area (Å²) in [6, 6.07) is 16.4. The predicted molar refractivity (Wildman–Crippen MR) is 90.4 cm³/mol. The van der Waals surface area contributed by atoms with Crippen LogP contribution in [0.5, 0.6) is 0 Å². The topological polar surface area (TPSA) is 58.2 Å². The van der Waals surface area contributed by atoms with Crippen molar-refractivity contribution in [3.8, 4) is 0 Å². The van der Waals surface area contributed by atoms with Crippen LogP contribution in [0, 0.1) is 0 Å². The number of unbranched alkanes of at least 4 members (excludes halogenated alkanes) is 1. The first-order chi connectivity index (χ1) is 11.2. The fourth-order valence-electron chi connectivity index (χ4n) is 2.98. The molecule has 0 aliphatic carbocycles. The molecule has 0 bridgehead atoms. The zero-order valence-corrected chi connectivity index (χ0v) is 13.1. The van der Waals surface area contributed by atoms with Gasteiger partial charge in [-0.15, -0.1) is 0 Å². The molecule has 1 amide bonds. The van der Waals surface area contributed by atoms with Crippen LogP contribution in [0.25, 0.3) is 0 Å². The first-order valence-electron chi connectivity index (χ1n) is 7.96. The lowest BCUT2D eigenvalue weighted by molar-refractivity contribution is -0.121. The standard InChI is InChI=1S/C19H20N2O2/c1-2-3-13-20-19(14-9-5-4-6-10-14)17(22)15-11-7-8-12-16(15)21-18(19)23/h4-12,20H,2-3,13H2,1H3,(H,21,23). The van der Waals surface area contributed by atoms with Gasteiger partial charge in [0, 0.05) is 5.56 Å². The van der Waals surface area contributed by atoms with Crippen molar-refractivity contribution in [2.24, 2.45) is 0 Å². The van der Waals surface area contributed by atoms with Crippen molar-refractivity contribution in [1.29, 1.82) is 0 Å². The highest BCUT2D eigenvalue weighted by Gasteiger charge is 2.50. The number of nitrogens with one attached hydrogen (secondary N) is 2. The summed E-state index contributed by atoms with van der Waals surface area (Å²) in [6.45, 7) is 2.68. The van der Waals surface area contributed by atoms with Crippen molar-refractivity contribution in [3.05, 3.63) is 65.7 Å². The third-order valence-corrected chi connectivity index (χ3v) is 4.23. The summed E-state index contributed by atoms with van der Waals surface area (Å²) in [7, 11) is 0. The highest BCUT2D eigenvalue weighted by molar-refractivity contribution is 6.27. The number of carbonyl (C=O) groups is 2. The predicted octanol–water partition coefficient (Wildman–Crippen LogP) is 3.11. The van der Waals surface area contributed by atoms with E-state index in [2.05, 4.69) is 17.6 Å². The normalized spacial score (nSPS) is 20.0. The number of carbonyl (C=O) groups excluding carboxylic acids is 2. The zero-order valence-electron chi connectivity index (χ0n) is 13.1. The average Bonchev–Trinajstić information content (AvgIpc) is 2.59. The number of anilines is 1. The van der Waals surface area contributed by atoms with Gasteiger partial charge in [0.1, 0.15) is 0 Å². The van der Waals surface area contributed by atoms with Crippen LogP contribution in [0.3, 0.4) is 0 Å². The molecular weight excluding hydrogens is 288 g/mol. The molecule has 0 radical (unpaired) electrons. The van der Waals surface area contributed by atoms with E-state index in [0.29, 0.717) is 23.4 Å². The van der Waals surface area contributed by atoms with E-state index in [4.69, 9.17) is 0 Å². The summed E-state index contributed by atoms with van der Waals surface area (Å²) in [5.41, 5.74) is 0.435. The maximum atomic E-state index is 13.2. The number of fused-ring (bicyclic) bond motifs is 1. The minimum atomic E-state index is -1.36. The van der Waals surface area contributed by atoms with Crippen LogP contribution < -0.4 is 10.6 Å². The monoisotopic (exact) mass is 308 g/mol. The molecule has 118 valence electrons. The Bertz CT molecular complexity index is 727. The third-order valence-electron chi connectivity index (χ3n) is 4.23. The number of Topliss-reactive ketones (excluding diaryl/α,β-unsaturated/α-hetero) is 1. The Labute approximate surface area is 135 Å². The third kappa shape index (κ3) is 2.55. The van der Waals surface area contributed by atoms with Gasteiger partial charge in [0.2, 0.25) is 0 Å². The summed E-state index contributed by atoms with van der Waals surface area (Å²) < 4.78 is 0. The van der Waals surface area contributed by atoms with Gasteiger partial charge < -0.3 is 5.32 Å². The smallest absolute Gasteiger partial charge is 0.257 e. The van der Waals surface area contributed by atoms with Gasteiger partial charge in [0.15, 0.2) is 11.3 Å². The second-order valence-electron chi connectivity index (χ2n) is 5.73. The van der Waals surface area contributed by atoms with Crippen molar-refractivity contribution < 1.29 is 9.59 Å². The molecule has 1 aliphatic heterocycles. The van der Waals surface area contributed by atoms with Gasteiger partial charge in [0.05, 0.1) is 5.69 Å². The highest BCUT2D eigenvalue weighted by atomic mass is 16.2. The number of ketones is 1. The summed E-state index contributed by atoms with van der Waals surface area (Å²) in [5.74, 6) is -0.511. The van der Waals surface area contributed by atoms with Gasteiger partial charge in [0.25, 0.3) is 5.91 Å². The summed E-state index contributed by atoms with van der Waals surface area (Å²) in [5, 5.41) is 6.12. The fraction of sp³-hybridized carbons (Fsp3) is 0.263. The molecular formula is C19H20N2O2. The van der Waals surface area contributed by atoms with E-state index in [0.717, 1.165) is 12.8 Å². The van der Waals surface area contributed by atoms with Crippen LogP contribution in [-0.2, 0) is 10.3 Å².